The molecule has 0 aliphatic rings. The summed E-state index contributed by atoms with van der Waals surface area (Å²) < 4.78 is 4.70. The second-order valence-corrected chi connectivity index (χ2v) is 3.37. The molecule has 7 heteroatoms. The molecule has 0 fully saturated rings. The average molecular weight is 255 g/mol. The van der Waals surface area contributed by atoms with Crippen LogP contribution >= 0.6 is 0 Å². The van der Waals surface area contributed by atoms with Crippen molar-refractivity contribution in [1.29, 1.82) is 0 Å². The summed E-state index contributed by atoms with van der Waals surface area (Å²) in [4.78, 5) is 21.7. The molecule has 98 valence electrons. The molecule has 1 rings (SSSR count). The number of rotatable bonds is 6. The van der Waals surface area contributed by atoms with Crippen molar-refractivity contribution in [2.45, 2.75) is 0 Å². The number of nitrogens with one attached hydrogen (secondary N) is 1. The summed E-state index contributed by atoms with van der Waals surface area (Å²) in [6.45, 7) is -0.357. The normalized spacial score (nSPS) is 10.0. The lowest BCUT2D eigenvalue weighted by Crippen LogP contribution is -2.28. The van der Waals surface area contributed by atoms with Gasteiger partial charge in [-0.3, -0.25) is 4.79 Å². The van der Waals surface area contributed by atoms with Gasteiger partial charge in [0.05, 0.1) is 6.61 Å². The SMILES string of the molecule is O=C(O)COCCNC(=O)c1c(O)cccc1O. The van der Waals surface area contributed by atoms with Crippen molar-refractivity contribution in [3.8, 4) is 11.5 Å². The van der Waals surface area contributed by atoms with Crippen LogP contribution in [-0.2, 0) is 9.53 Å². The van der Waals surface area contributed by atoms with Gasteiger partial charge in [-0.05, 0) is 12.1 Å². The molecular formula is C11H13NO6. The Bertz CT molecular complexity index is 425. The van der Waals surface area contributed by atoms with Crippen LogP contribution in [-0.4, -0.2) is 47.0 Å². The van der Waals surface area contributed by atoms with Crippen LogP contribution in [0, 0.1) is 0 Å². The molecule has 0 aliphatic heterocycles. The average Bonchev–Trinajstić information content (AvgIpc) is 2.27. The number of phenols is 2. The van der Waals surface area contributed by atoms with E-state index >= 15 is 0 Å². The van der Waals surface area contributed by atoms with Gasteiger partial charge >= 0.3 is 5.97 Å². The molecule has 0 aliphatic carbocycles. The zero-order chi connectivity index (χ0) is 13.5. The molecule has 0 saturated heterocycles. The van der Waals surface area contributed by atoms with E-state index in [4.69, 9.17) is 9.84 Å². The van der Waals surface area contributed by atoms with E-state index in [2.05, 4.69) is 5.32 Å². The molecule has 0 aromatic heterocycles. The fourth-order valence-electron chi connectivity index (χ4n) is 1.25. The zero-order valence-electron chi connectivity index (χ0n) is 9.42. The molecule has 0 saturated carbocycles. The van der Waals surface area contributed by atoms with Gasteiger partial charge in [-0.15, -0.1) is 0 Å². The Labute approximate surface area is 103 Å². The number of carbonyl (C=O) groups excluding carboxylic acids is 1. The maximum absolute atomic E-state index is 11.6. The van der Waals surface area contributed by atoms with Crippen LogP contribution in [0.15, 0.2) is 18.2 Å². The lowest BCUT2D eigenvalue weighted by Gasteiger charge is -2.08. The highest BCUT2D eigenvalue weighted by molar-refractivity contribution is 5.99. The summed E-state index contributed by atoms with van der Waals surface area (Å²) in [6, 6.07) is 3.95. The van der Waals surface area contributed by atoms with Gasteiger partial charge in [0.25, 0.3) is 5.91 Å². The van der Waals surface area contributed by atoms with E-state index in [1.54, 1.807) is 0 Å². The fraction of sp³-hybridized carbons (Fsp3) is 0.273. The van der Waals surface area contributed by atoms with Crippen molar-refractivity contribution in [3.05, 3.63) is 23.8 Å². The molecule has 0 spiro atoms. The van der Waals surface area contributed by atoms with Crippen LogP contribution in [0.1, 0.15) is 10.4 Å². The lowest BCUT2D eigenvalue weighted by molar-refractivity contribution is -0.142. The first-order chi connectivity index (χ1) is 8.52. The van der Waals surface area contributed by atoms with E-state index in [0.29, 0.717) is 0 Å². The minimum Gasteiger partial charge on any atom is -0.507 e. The Balaban J connectivity index is 2.44. The highest BCUT2D eigenvalue weighted by atomic mass is 16.5. The number of hydrogen-bond acceptors (Lipinski definition) is 5. The molecule has 0 atom stereocenters. The van der Waals surface area contributed by atoms with E-state index in [9.17, 15) is 19.8 Å². The van der Waals surface area contributed by atoms with Crippen LogP contribution < -0.4 is 5.32 Å². The van der Waals surface area contributed by atoms with E-state index in [-0.39, 0.29) is 30.2 Å². The number of ether oxygens (including phenoxy) is 1. The maximum atomic E-state index is 11.6. The fourth-order valence-corrected chi connectivity index (χ4v) is 1.25. The van der Waals surface area contributed by atoms with Gasteiger partial charge in [-0.2, -0.15) is 0 Å². The molecule has 0 bridgehead atoms. The molecule has 0 unspecified atom stereocenters. The van der Waals surface area contributed by atoms with Crippen LogP contribution in [0.4, 0.5) is 0 Å². The van der Waals surface area contributed by atoms with Crippen molar-refractivity contribution in [3.63, 3.8) is 0 Å². The largest absolute Gasteiger partial charge is 0.507 e. The Morgan fingerprint density at radius 1 is 1.22 bits per heavy atom. The lowest BCUT2D eigenvalue weighted by atomic mass is 10.1. The number of carboxylic acid groups (broad SMARTS) is 1. The van der Waals surface area contributed by atoms with E-state index in [1.807, 2.05) is 0 Å². The summed E-state index contributed by atoms with van der Waals surface area (Å²) in [5, 5.41) is 29.5. The predicted molar refractivity (Wildman–Crippen MR) is 60.6 cm³/mol. The van der Waals surface area contributed by atoms with Crippen molar-refractivity contribution >= 4 is 11.9 Å². The van der Waals surface area contributed by atoms with Crippen molar-refractivity contribution in [2.24, 2.45) is 0 Å². The van der Waals surface area contributed by atoms with Gasteiger partial charge in [-0.1, -0.05) is 6.07 Å². The first kappa shape index (κ1) is 13.8. The summed E-state index contributed by atoms with van der Waals surface area (Å²) in [5.41, 5.74) is -0.226. The molecule has 0 radical (unpaired) electrons. The minimum absolute atomic E-state index is 0.0202. The second-order valence-electron chi connectivity index (χ2n) is 3.37. The van der Waals surface area contributed by atoms with Crippen LogP contribution in [0.5, 0.6) is 11.5 Å². The molecule has 4 N–H and O–H groups in total. The zero-order valence-corrected chi connectivity index (χ0v) is 9.42. The first-order valence-corrected chi connectivity index (χ1v) is 5.11. The highest BCUT2D eigenvalue weighted by Crippen LogP contribution is 2.25. The number of aliphatic carboxylic acids is 1. The molecule has 1 aromatic rings. The number of hydrogen-bond donors (Lipinski definition) is 4. The summed E-state index contributed by atoms with van der Waals surface area (Å²) in [6.07, 6.45) is 0. The maximum Gasteiger partial charge on any atom is 0.329 e. The number of carbonyl (C=O) groups is 2. The topological polar surface area (TPSA) is 116 Å². The Morgan fingerprint density at radius 2 is 1.83 bits per heavy atom. The van der Waals surface area contributed by atoms with Crippen LogP contribution in [0.2, 0.25) is 0 Å². The van der Waals surface area contributed by atoms with E-state index < -0.39 is 18.5 Å². The quantitative estimate of drug-likeness (QED) is 0.529. The number of benzene rings is 1. The Hall–Kier alpha value is -2.28. The second kappa shape index (κ2) is 6.45. The number of aromatic hydroxyl groups is 2. The molecule has 1 aromatic carbocycles. The van der Waals surface area contributed by atoms with Gasteiger partial charge in [0.15, 0.2) is 0 Å². The Kier molecular flexibility index (Phi) is 4.94. The smallest absolute Gasteiger partial charge is 0.329 e. The highest BCUT2D eigenvalue weighted by Gasteiger charge is 2.15. The summed E-state index contributed by atoms with van der Waals surface area (Å²) in [5.74, 6) is -2.43. The molecular weight excluding hydrogens is 242 g/mol. The molecule has 0 heterocycles. The van der Waals surface area contributed by atoms with Crippen molar-refractivity contribution in [2.75, 3.05) is 19.8 Å². The van der Waals surface area contributed by atoms with E-state index in [0.717, 1.165) is 0 Å². The van der Waals surface area contributed by atoms with Gasteiger partial charge in [0.2, 0.25) is 0 Å². The Morgan fingerprint density at radius 3 is 2.39 bits per heavy atom. The third kappa shape index (κ3) is 3.95. The monoisotopic (exact) mass is 255 g/mol. The van der Waals surface area contributed by atoms with Gasteiger partial charge in [0, 0.05) is 6.54 Å². The van der Waals surface area contributed by atoms with Crippen LogP contribution in [0.3, 0.4) is 0 Å². The first-order valence-electron chi connectivity index (χ1n) is 5.11. The minimum atomic E-state index is -1.10. The van der Waals surface area contributed by atoms with Crippen molar-refractivity contribution in [1.82, 2.24) is 5.32 Å². The number of amides is 1. The summed E-state index contributed by atoms with van der Waals surface area (Å²) >= 11 is 0. The van der Waals surface area contributed by atoms with Gasteiger partial charge in [0.1, 0.15) is 23.7 Å². The molecule has 7 nitrogen and oxygen atoms in total. The van der Waals surface area contributed by atoms with Crippen LogP contribution in [0.25, 0.3) is 0 Å². The van der Waals surface area contributed by atoms with Crippen molar-refractivity contribution < 1.29 is 29.6 Å². The number of phenolic OH excluding ortho intramolecular Hbond substituents is 2. The van der Waals surface area contributed by atoms with Gasteiger partial charge in [-0.25, -0.2) is 4.79 Å². The third-order valence-corrected chi connectivity index (χ3v) is 2.01. The third-order valence-electron chi connectivity index (χ3n) is 2.01. The summed E-state index contributed by atoms with van der Waals surface area (Å²) in [7, 11) is 0. The predicted octanol–water partition coefficient (Wildman–Crippen LogP) is -0.0712. The van der Waals surface area contributed by atoms with E-state index in [1.165, 1.54) is 18.2 Å². The molecule has 18 heavy (non-hydrogen) atoms. The van der Waals surface area contributed by atoms with Gasteiger partial charge < -0.3 is 25.4 Å². The molecule has 1 amide bonds. The number of carboxylic acids is 1. The standard InChI is InChI=1S/C11H13NO6/c13-7-2-1-3-8(14)10(7)11(17)12-4-5-18-6-9(15)16/h1-3,13-14H,4-6H2,(H,12,17)(H,15,16).